The van der Waals surface area contributed by atoms with Crippen molar-refractivity contribution >= 4 is 12.6 Å². The third-order valence-corrected chi connectivity index (χ3v) is 2.88. The number of allylic oxidation sites excluding steroid dienone is 1. The van der Waals surface area contributed by atoms with Crippen LogP contribution in [0.3, 0.4) is 0 Å². The van der Waals surface area contributed by atoms with E-state index in [0.717, 1.165) is 5.92 Å². The highest BCUT2D eigenvalue weighted by molar-refractivity contribution is 7.81. The Kier molecular flexibility index (Phi) is 2.69. The van der Waals surface area contributed by atoms with E-state index in [4.69, 9.17) is 0 Å². The highest BCUT2D eigenvalue weighted by Crippen LogP contribution is 2.34. The lowest BCUT2D eigenvalue weighted by Gasteiger charge is -2.31. The molecule has 0 aliphatic heterocycles. The summed E-state index contributed by atoms with van der Waals surface area (Å²) >= 11 is 4.41. The van der Waals surface area contributed by atoms with Crippen LogP contribution < -0.4 is 0 Å². The van der Waals surface area contributed by atoms with E-state index in [1.807, 2.05) is 0 Å². The van der Waals surface area contributed by atoms with E-state index in [0.29, 0.717) is 10.7 Å². The summed E-state index contributed by atoms with van der Waals surface area (Å²) in [5, 5.41) is 0.508. The first kappa shape index (κ1) is 9.18. The summed E-state index contributed by atoms with van der Waals surface area (Å²) in [6.07, 6.45) is 7.11. The van der Waals surface area contributed by atoms with Crippen molar-refractivity contribution in [2.75, 3.05) is 0 Å². The van der Waals surface area contributed by atoms with E-state index in [1.165, 1.54) is 12.8 Å². The lowest BCUT2D eigenvalue weighted by Crippen LogP contribution is -2.22. The Morgan fingerprint density at radius 2 is 1.82 bits per heavy atom. The lowest BCUT2D eigenvalue weighted by atomic mass is 9.76. The molecule has 2 atom stereocenters. The Morgan fingerprint density at radius 1 is 1.18 bits per heavy atom. The molecule has 0 saturated carbocycles. The minimum Gasteiger partial charge on any atom is -0.172 e. The highest BCUT2D eigenvalue weighted by Gasteiger charge is 2.24. The zero-order chi connectivity index (χ0) is 8.48. The fraction of sp³-hybridized carbons (Fsp3) is 0.800. The van der Waals surface area contributed by atoms with Crippen molar-refractivity contribution in [1.29, 1.82) is 0 Å². The fourth-order valence-corrected chi connectivity index (χ4v) is 1.78. The van der Waals surface area contributed by atoms with Crippen LogP contribution in [0.25, 0.3) is 0 Å². The first-order chi connectivity index (χ1) is 5.00. The quantitative estimate of drug-likeness (QED) is 0.418. The average Bonchev–Trinajstić information content (AvgIpc) is 1.86. The van der Waals surface area contributed by atoms with Gasteiger partial charge >= 0.3 is 0 Å². The molecule has 0 radical (unpaired) electrons. The molecular weight excluding hydrogens is 152 g/mol. The standard InChI is InChI=1S/C10H18S/c1-10(2,3)8-4-6-9(11)7-5-8/h4,6,8-9,11H,5,7H2,1-3H3/t8-,9?/m1/s1. The predicted molar refractivity (Wildman–Crippen MR) is 54.1 cm³/mol. The molecule has 1 unspecified atom stereocenters. The summed E-state index contributed by atoms with van der Waals surface area (Å²) < 4.78 is 0. The molecule has 1 heteroatoms. The molecular formula is C10H18S. The van der Waals surface area contributed by atoms with Crippen molar-refractivity contribution < 1.29 is 0 Å². The normalized spacial score (nSPS) is 32.4. The summed E-state index contributed by atoms with van der Waals surface area (Å²) in [6, 6.07) is 0. The molecule has 0 nitrogen and oxygen atoms in total. The molecule has 0 aromatic heterocycles. The minimum atomic E-state index is 0.435. The molecule has 1 rings (SSSR count). The van der Waals surface area contributed by atoms with Gasteiger partial charge in [-0.3, -0.25) is 0 Å². The first-order valence-electron chi connectivity index (χ1n) is 4.36. The van der Waals surface area contributed by atoms with Gasteiger partial charge in [0.05, 0.1) is 0 Å². The van der Waals surface area contributed by atoms with E-state index in [-0.39, 0.29) is 0 Å². The van der Waals surface area contributed by atoms with Gasteiger partial charge in [-0.05, 0) is 24.2 Å². The molecule has 11 heavy (non-hydrogen) atoms. The molecule has 0 heterocycles. The topological polar surface area (TPSA) is 0 Å². The van der Waals surface area contributed by atoms with E-state index >= 15 is 0 Å². The lowest BCUT2D eigenvalue weighted by molar-refractivity contribution is 0.268. The Labute approximate surface area is 75.5 Å². The molecule has 0 spiro atoms. The molecule has 0 amide bonds. The van der Waals surface area contributed by atoms with E-state index < -0.39 is 0 Å². The third-order valence-electron chi connectivity index (χ3n) is 2.45. The zero-order valence-electron chi connectivity index (χ0n) is 7.67. The number of thiol groups is 1. The van der Waals surface area contributed by atoms with Gasteiger partial charge in [0.15, 0.2) is 0 Å². The van der Waals surface area contributed by atoms with Gasteiger partial charge in [0.2, 0.25) is 0 Å². The second-order valence-corrected chi connectivity index (χ2v) is 5.17. The number of rotatable bonds is 0. The summed E-state index contributed by atoms with van der Waals surface area (Å²) in [5.74, 6) is 0.755. The SMILES string of the molecule is CC(C)(C)[C@@H]1C=CC(S)CC1. The van der Waals surface area contributed by atoms with Crippen molar-refractivity contribution in [1.82, 2.24) is 0 Å². The van der Waals surface area contributed by atoms with Crippen molar-refractivity contribution in [2.45, 2.75) is 38.9 Å². The zero-order valence-corrected chi connectivity index (χ0v) is 8.57. The van der Waals surface area contributed by atoms with Gasteiger partial charge in [-0.25, -0.2) is 0 Å². The van der Waals surface area contributed by atoms with E-state index in [2.05, 4.69) is 45.6 Å². The largest absolute Gasteiger partial charge is 0.172 e. The van der Waals surface area contributed by atoms with E-state index in [9.17, 15) is 0 Å². The molecule has 1 aliphatic carbocycles. The Balaban J connectivity index is 2.57. The van der Waals surface area contributed by atoms with E-state index in [1.54, 1.807) is 0 Å². The van der Waals surface area contributed by atoms with Gasteiger partial charge in [0.1, 0.15) is 0 Å². The van der Waals surface area contributed by atoms with Crippen molar-refractivity contribution in [3.63, 3.8) is 0 Å². The second-order valence-electron chi connectivity index (χ2n) is 4.50. The smallest absolute Gasteiger partial charge is 0.0197 e. The monoisotopic (exact) mass is 170 g/mol. The molecule has 0 N–H and O–H groups in total. The van der Waals surface area contributed by atoms with Crippen LogP contribution in [-0.4, -0.2) is 5.25 Å². The van der Waals surface area contributed by atoms with Gasteiger partial charge < -0.3 is 0 Å². The van der Waals surface area contributed by atoms with Crippen LogP contribution in [0, 0.1) is 11.3 Å². The maximum Gasteiger partial charge on any atom is 0.0197 e. The molecule has 0 fully saturated rings. The summed E-state index contributed by atoms with van der Waals surface area (Å²) in [7, 11) is 0. The number of hydrogen-bond donors (Lipinski definition) is 1. The second kappa shape index (κ2) is 3.22. The number of hydrogen-bond acceptors (Lipinski definition) is 1. The van der Waals surface area contributed by atoms with Crippen LogP contribution in [0.1, 0.15) is 33.6 Å². The maximum atomic E-state index is 4.41. The predicted octanol–water partition coefficient (Wildman–Crippen LogP) is 3.30. The molecule has 1 aliphatic rings. The summed E-state index contributed by atoms with van der Waals surface area (Å²) in [6.45, 7) is 6.92. The average molecular weight is 170 g/mol. The molecule has 0 aromatic carbocycles. The molecule has 0 saturated heterocycles. The van der Waals surface area contributed by atoms with Gasteiger partial charge in [0, 0.05) is 5.25 Å². The van der Waals surface area contributed by atoms with Crippen LogP contribution in [-0.2, 0) is 0 Å². The van der Waals surface area contributed by atoms with Crippen LogP contribution in [0.4, 0.5) is 0 Å². The maximum absolute atomic E-state index is 4.41. The minimum absolute atomic E-state index is 0.435. The highest BCUT2D eigenvalue weighted by atomic mass is 32.1. The van der Waals surface area contributed by atoms with Gasteiger partial charge in [-0.2, -0.15) is 12.6 Å². The Hall–Kier alpha value is 0.0900. The van der Waals surface area contributed by atoms with Gasteiger partial charge in [0.25, 0.3) is 0 Å². The van der Waals surface area contributed by atoms with Crippen molar-refractivity contribution in [3.05, 3.63) is 12.2 Å². The molecule has 0 bridgehead atoms. The van der Waals surface area contributed by atoms with Crippen LogP contribution in [0.15, 0.2) is 12.2 Å². The van der Waals surface area contributed by atoms with Crippen LogP contribution in [0.5, 0.6) is 0 Å². The summed E-state index contributed by atoms with van der Waals surface area (Å²) in [4.78, 5) is 0. The van der Waals surface area contributed by atoms with Gasteiger partial charge in [-0.15, -0.1) is 0 Å². The van der Waals surface area contributed by atoms with Crippen LogP contribution in [0.2, 0.25) is 0 Å². The van der Waals surface area contributed by atoms with Gasteiger partial charge in [-0.1, -0.05) is 32.9 Å². The Bertz CT molecular complexity index is 153. The fourth-order valence-electron chi connectivity index (χ4n) is 1.53. The third kappa shape index (κ3) is 2.55. The van der Waals surface area contributed by atoms with Crippen molar-refractivity contribution in [2.24, 2.45) is 11.3 Å². The van der Waals surface area contributed by atoms with Crippen molar-refractivity contribution in [3.8, 4) is 0 Å². The van der Waals surface area contributed by atoms with Crippen LogP contribution >= 0.6 is 12.6 Å². The molecule has 64 valence electrons. The summed E-state index contributed by atoms with van der Waals surface area (Å²) in [5.41, 5.74) is 0.435. The Morgan fingerprint density at radius 3 is 2.18 bits per heavy atom. The first-order valence-corrected chi connectivity index (χ1v) is 4.88. The molecule has 0 aromatic rings.